The maximum Gasteiger partial charge on any atom is 0.271 e. The molecular formula is C11H18N4O4S. The van der Waals surface area contributed by atoms with Crippen molar-refractivity contribution < 1.29 is 17.7 Å². The molecule has 2 rings (SSSR count). The number of hydrogen-bond donors (Lipinski definition) is 3. The van der Waals surface area contributed by atoms with Crippen molar-refractivity contribution in [2.75, 3.05) is 12.3 Å². The van der Waals surface area contributed by atoms with E-state index in [1.165, 1.54) is 6.92 Å². The Bertz CT molecular complexity index is 615. The zero-order valence-corrected chi connectivity index (χ0v) is 12.4. The van der Waals surface area contributed by atoms with Crippen LogP contribution >= 0.6 is 0 Å². The quantitative estimate of drug-likeness (QED) is 0.703. The van der Waals surface area contributed by atoms with Crippen LogP contribution in [0.3, 0.4) is 0 Å². The number of amides is 1. The van der Waals surface area contributed by atoms with Crippen molar-refractivity contribution in [2.45, 2.75) is 38.1 Å². The van der Waals surface area contributed by atoms with E-state index in [0.717, 1.165) is 6.42 Å². The van der Waals surface area contributed by atoms with E-state index in [2.05, 4.69) is 10.5 Å². The summed E-state index contributed by atoms with van der Waals surface area (Å²) in [5, 5.41) is 6.37. The van der Waals surface area contributed by atoms with Crippen LogP contribution in [0.2, 0.25) is 0 Å². The minimum Gasteiger partial charge on any atom is -0.380 e. The summed E-state index contributed by atoms with van der Waals surface area (Å²) in [7, 11) is -4.09. The summed E-state index contributed by atoms with van der Waals surface area (Å²) < 4.78 is 31.1. The molecule has 1 aromatic heterocycles. The molecule has 0 bridgehead atoms. The molecule has 1 amide bonds. The fraction of sp³-hybridized carbons (Fsp3) is 0.636. The number of nitrogen functional groups attached to an aromatic ring is 1. The summed E-state index contributed by atoms with van der Waals surface area (Å²) in [5.41, 5.74) is 5.15. The van der Waals surface area contributed by atoms with Crippen molar-refractivity contribution >= 4 is 21.7 Å². The van der Waals surface area contributed by atoms with E-state index in [1.807, 2.05) is 18.6 Å². The molecular weight excluding hydrogens is 284 g/mol. The predicted molar refractivity (Wildman–Crippen MR) is 71.2 cm³/mol. The minimum atomic E-state index is -4.09. The molecule has 4 N–H and O–H groups in total. The highest BCUT2D eigenvalue weighted by molar-refractivity contribution is 7.90. The zero-order chi connectivity index (χ0) is 15.1. The molecule has 2 heterocycles. The highest BCUT2D eigenvalue weighted by atomic mass is 32.2. The first-order chi connectivity index (χ1) is 9.15. The number of aryl methyl sites for hydroxylation is 1. The Morgan fingerprint density at radius 3 is 2.65 bits per heavy atom. The van der Waals surface area contributed by atoms with Crippen molar-refractivity contribution in [2.24, 2.45) is 5.41 Å². The normalized spacial score (nSPS) is 21.9. The molecule has 0 aromatic carbocycles. The molecule has 0 aliphatic carbocycles. The number of nitrogens with one attached hydrogen (secondary N) is 2. The molecule has 1 saturated heterocycles. The van der Waals surface area contributed by atoms with Crippen molar-refractivity contribution in [1.29, 1.82) is 0 Å². The van der Waals surface area contributed by atoms with Gasteiger partial charge in [0.15, 0.2) is 16.5 Å². The van der Waals surface area contributed by atoms with E-state index in [-0.39, 0.29) is 21.9 Å². The van der Waals surface area contributed by atoms with Gasteiger partial charge in [-0.3, -0.25) is 4.79 Å². The van der Waals surface area contributed by atoms with Gasteiger partial charge in [-0.2, -0.15) is 0 Å². The van der Waals surface area contributed by atoms with Crippen LogP contribution in [-0.2, 0) is 14.8 Å². The van der Waals surface area contributed by atoms with Crippen LogP contribution in [0.1, 0.15) is 26.0 Å². The maximum atomic E-state index is 12.2. The van der Waals surface area contributed by atoms with Gasteiger partial charge in [-0.1, -0.05) is 19.0 Å². The third kappa shape index (κ3) is 2.50. The monoisotopic (exact) mass is 302 g/mol. The summed E-state index contributed by atoms with van der Waals surface area (Å²) in [6.07, 6.45) is 0.791. The number of sulfonamides is 1. The molecule has 1 fully saturated rings. The summed E-state index contributed by atoms with van der Waals surface area (Å²) in [6, 6.07) is -0.571. The molecule has 112 valence electrons. The van der Waals surface area contributed by atoms with Gasteiger partial charge in [0.1, 0.15) is 0 Å². The molecule has 9 heteroatoms. The standard InChI is InChI=1S/C11H18N4O4S/c1-6-7(9(12)14-19-6)20(17,18)15-10(16)8-11(2,3)4-5-13-8/h8,13H,4-5H2,1-3H3,(H2,12,14)(H,15,16). The van der Waals surface area contributed by atoms with Crippen LogP contribution in [-0.4, -0.2) is 32.1 Å². The van der Waals surface area contributed by atoms with Crippen molar-refractivity contribution in [3.8, 4) is 0 Å². The van der Waals surface area contributed by atoms with E-state index in [0.29, 0.717) is 6.54 Å². The summed E-state index contributed by atoms with van der Waals surface area (Å²) >= 11 is 0. The van der Waals surface area contributed by atoms with Crippen molar-refractivity contribution in [1.82, 2.24) is 15.2 Å². The Labute approximate surface area is 117 Å². The third-order valence-corrected chi connectivity index (χ3v) is 5.00. The molecule has 1 atom stereocenters. The number of nitrogens with two attached hydrogens (primary N) is 1. The first-order valence-electron chi connectivity index (χ1n) is 6.17. The van der Waals surface area contributed by atoms with Gasteiger partial charge in [-0.15, -0.1) is 0 Å². The molecule has 1 aromatic rings. The number of rotatable bonds is 3. The van der Waals surface area contributed by atoms with Crippen molar-refractivity contribution in [3.05, 3.63) is 5.76 Å². The minimum absolute atomic E-state index is 0.0430. The van der Waals surface area contributed by atoms with Crippen LogP contribution in [0.5, 0.6) is 0 Å². The van der Waals surface area contributed by atoms with Crippen LogP contribution in [0.4, 0.5) is 5.82 Å². The molecule has 1 unspecified atom stereocenters. The largest absolute Gasteiger partial charge is 0.380 e. The number of carbonyl (C=O) groups is 1. The van der Waals surface area contributed by atoms with Gasteiger partial charge < -0.3 is 15.6 Å². The average molecular weight is 302 g/mol. The molecule has 0 spiro atoms. The summed E-state index contributed by atoms with van der Waals surface area (Å²) in [5.74, 6) is -0.824. The molecule has 0 saturated carbocycles. The topological polar surface area (TPSA) is 127 Å². The summed E-state index contributed by atoms with van der Waals surface area (Å²) in [6.45, 7) is 5.89. The smallest absolute Gasteiger partial charge is 0.271 e. The molecule has 8 nitrogen and oxygen atoms in total. The van der Waals surface area contributed by atoms with E-state index < -0.39 is 22.0 Å². The number of nitrogens with zero attached hydrogens (tertiary/aromatic N) is 1. The third-order valence-electron chi connectivity index (χ3n) is 3.50. The number of hydrogen-bond acceptors (Lipinski definition) is 7. The molecule has 0 radical (unpaired) electrons. The maximum absolute atomic E-state index is 12.2. The molecule has 20 heavy (non-hydrogen) atoms. The van der Waals surface area contributed by atoms with Gasteiger partial charge >= 0.3 is 0 Å². The lowest BCUT2D eigenvalue weighted by atomic mass is 9.85. The van der Waals surface area contributed by atoms with Gasteiger partial charge in [0, 0.05) is 0 Å². The molecule has 1 aliphatic rings. The fourth-order valence-electron chi connectivity index (χ4n) is 2.36. The number of carbonyl (C=O) groups excluding carboxylic acids is 1. The van der Waals surface area contributed by atoms with Gasteiger partial charge in [0.05, 0.1) is 6.04 Å². The van der Waals surface area contributed by atoms with Crippen LogP contribution in [0.15, 0.2) is 9.42 Å². The first-order valence-corrected chi connectivity index (χ1v) is 7.65. The fourth-order valence-corrected chi connectivity index (χ4v) is 3.57. The van der Waals surface area contributed by atoms with E-state index in [9.17, 15) is 13.2 Å². The SMILES string of the molecule is Cc1onc(N)c1S(=O)(=O)NC(=O)C1NCCC1(C)C. The van der Waals surface area contributed by atoms with E-state index in [1.54, 1.807) is 0 Å². The highest BCUT2D eigenvalue weighted by Gasteiger charge is 2.41. The van der Waals surface area contributed by atoms with Gasteiger partial charge in [-0.05, 0) is 25.3 Å². The van der Waals surface area contributed by atoms with E-state index >= 15 is 0 Å². The second-order valence-corrected chi connectivity index (χ2v) is 7.17. The number of anilines is 1. The Morgan fingerprint density at radius 2 is 2.20 bits per heavy atom. The van der Waals surface area contributed by atoms with Gasteiger partial charge in [0.2, 0.25) is 0 Å². The number of aromatic nitrogens is 1. The highest BCUT2D eigenvalue weighted by Crippen LogP contribution is 2.30. The predicted octanol–water partition coefficient (Wildman–Crippen LogP) is -0.242. The van der Waals surface area contributed by atoms with Gasteiger partial charge in [0.25, 0.3) is 15.9 Å². The Kier molecular flexibility index (Phi) is 3.51. The van der Waals surface area contributed by atoms with Crippen LogP contribution in [0, 0.1) is 12.3 Å². The lowest BCUT2D eigenvalue weighted by molar-refractivity contribution is -0.122. The second-order valence-electron chi connectivity index (χ2n) is 5.55. The molecule has 1 aliphatic heterocycles. The van der Waals surface area contributed by atoms with Gasteiger partial charge in [-0.25, -0.2) is 13.1 Å². The Balaban J connectivity index is 2.24. The first kappa shape index (κ1) is 14.8. The van der Waals surface area contributed by atoms with Crippen LogP contribution in [0.25, 0.3) is 0 Å². The lowest BCUT2D eigenvalue weighted by Crippen LogP contribution is -2.48. The van der Waals surface area contributed by atoms with Crippen molar-refractivity contribution in [3.63, 3.8) is 0 Å². The Morgan fingerprint density at radius 1 is 1.55 bits per heavy atom. The zero-order valence-electron chi connectivity index (χ0n) is 11.6. The van der Waals surface area contributed by atoms with Crippen LogP contribution < -0.4 is 15.8 Å². The second kappa shape index (κ2) is 4.74. The Hall–Kier alpha value is -1.61. The lowest BCUT2D eigenvalue weighted by Gasteiger charge is -2.25. The summed E-state index contributed by atoms with van der Waals surface area (Å²) in [4.78, 5) is 11.9. The average Bonchev–Trinajstić information content (AvgIpc) is 2.80. The van der Waals surface area contributed by atoms with E-state index in [4.69, 9.17) is 10.3 Å².